The van der Waals surface area contributed by atoms with Gasteiger partial charge in [0.1, 0.15) is 5.82 Å². The van der Waals surface area contributed by atoms with E-state index in [0.29, 0.717) is 10.6 Å². The SMILES string of the molecule is Fc1ccc(Cl)c(-c2nnco2)c1. The van der Waals surface area contributed by atoms with Crippen LogP contribution in [0.4, 0.5) is 4.39 Å². The molecule has 1 aromatic carbocycles. The summed E-state index contributed by atoms with van der Waals surface area (Å²) in [6.07, 6.45) is 1.16. The maximum absolute atomic E-state index is 12.8. The predicted molar refractivity (Wildman–Crippen MR) is 44.7 cm³/mol. The first kappa shape index (κ1) is 8.19. The first-order chi connectivity index (χ1) is 6.27. The van der Waals surface area contributed by atoms with E-state index in [4.69, 9.17) is 16.0 Å². The fraction of sp³-hybridized carbons (Fsp3) is 0. The average Bonchev–Trinajstić information content (AvgIpc) is 2.61. The van der Waals surface area contributed by atoms with Crippen molar-refractivity contribution in [3.05, 3.63) is 35.4 Å². The van der Waals surface area contributed by atoms with Crippen LogP contribution < -0.4 is 0 Å². The smallest absolute Gasteiger partial charge is 0.249 e. The van der Waals surface area contributed by atoms with E-state index in [0.717, 1.165) is 6.39 Å². The molecular weight excluding hydrogens is 195 g/mol. The third-order valence-corrected chi connectivity index (χ3v) is 1.85. The first-order valence-electron chi connectivity index (χ1n) is 3.49. The van der Waals surface area contributed by atoms with Crippen LogP contribution in [0.3, 0.4) is 0 Å². The van der Waals surface area contributed by atoms with Crippen LogP contribution in [0.1, 0.15) is 0 Å². The fourth-order valence-corrected chi connectivity index (χ4v) is 1.15. The normalized spacial score (nSPS) is 10.3. The molecule has 0 radical (unpaired) electrons. The van der Waals surface area contributed by atoms with E-state index in [-0.39, 0.29) is 5.89 Å². The van der Waals surface area contributed by atoms with E-state index in [1.54, 1.807) is 0 Å². The summed E-state index contributed by atoms with van der Waals surface area (Å²) in [7, 11) is 0. The Morgan fingerprint density at radius 1 is 1.38 bits per heavy atom. The molecule has 5 heteroatoms. The highest BCUT2D eigenvalue weighted by Crippen LogP contribution is 2.26. The molecule has 0 aliphatic rings. The van der Waals surface area contributed by atoms with Crippen molar-refractivity contribution in [2.24, 2.45) is 0 Å². The fourth-order valence-electron chi connectivity index (χ4n) is 0.952. The minimum Gasteiger partial charge on any atom is -0.423 e. The van der Waals surface area contributed by atoms with Crippen molar-refractivity contribution < 1.29 is 8.81 Å². The molecule has 66 valence electrons. The molecule has 1 aromatic heterocycles. The number of hydrogen-bond acceptors (Lipinski definition) is 3. The lowest BCUT2D eigenvalue weighted by Gasteiger charge is -1.97. The van der Waals surface area contributed by atoms with Crippen LogP contribution >= 0.6 is 11.6 Å². The van der Waals surface area contributed by atoms with Gasteiger partial charge in [0, 0.05) is 0 Å². The Kier molecular flexibility index (Phi) is 1.98. The number of hydrogen-bond donors (Lipinski definition) is 0. The second-order valence-corrected chi connectivity index (χ2v) is 2.78. The monoisotopic (exact) mass is 198 g/mol. The third-order valence-electron chi connectivity index (χ3n) is 1.52. The molecule has 0 unspecified atom stereocenters. The number of rotatable bonds is 1. The second kappa shape index (κ2) is 3.14. The molecule has 0 saturated heterocycles. The van der Waals surface area contributed by atoms with E-state index in [9.17, 15) is 4.39 Å². The Morgan fingerprint density at radius 3 is 2.92 bits per heavy atom. The molecule has 0 aliphatic carbocycles. The summed E-state index contributed by atoms with van der Waals surface area (Å²) in [5.74, 6) is -0.179. The molecule has 2 rings (SSSR count). The molecule has 0 saturated carbocycles. The molecule has 2 aromatic rings. The van der Waals surface area contributed by atoms with E-state index < -0.39 is 5.82 Å². The lowest BCUT2D eigenvalue weighted by molar-refractivity contribution is 0.567. The zero-order chi connectivity index (χ0) is 9.26. The summed E-state index contributed by atoms with van der Waals surface area (Å²) < 4.78 is 17.7. The molecule has 0 fully saturated rings. The molecule has 0 amide bonds. The van der Waals surface area contributed by atoms with Crippen LogP contribution in [0.2, 0.25) is 5.02 Å². The van der Waals surface area contributed by atoms with Crippen molar-refractivity contribution in [3.63, 3.8) is 0 Å². The van der Waals surface area contributed by atoms with Gasteiger partial charge in [0.25, 0.3) is 0 Å². The molecular formula is C8H4ClFN2O. The van der Waals surface area contributed by atoms with Crippen LogP contribution in [-0.2, 0) is 0 Å². The summed E-state index contributed by atoms with van der Waals surface area (Å²) in [6.45, 7) is 0. The van der Waals surface area contributed by atoms with Gasteiger partial charge in [0.15, 0.2) is 0 Å². The zero-order valence-corrected chi connectivity index (χ0v) is 7.12. The van der Waals surface area contributed by atoms with Gasteiger partial charge in [-0.15, -0.1) is 10.2 Å². The Hall–Kier alpha value is -1.42. The highest BCUT2D eigenvalue weighted by atomic mass is 35.5. The molecule has 0 N–H and O–H groups in total. The number of benzene rings is 1. The maximum atomic E-state index is 12.8. The lowest BCUT2D eigenvalue weighted by Crippen LogP contribution is -1.82. The Balaban J connectivity index is 2.57. The van der Waals surface area contributed by atoms with E-state index >= 15 is 0 Å². The molecule has 0 atom stereocenters. The highest BCUT2D eigenvalue weighted by molar-refractivity contribution is 6.33. The molecule has 1 heterocycles. The van der Waals surface area contributed by atoms with Crippen molar-refractivity contribution in [1.82, 2.24) is 10.2 Å². The summed E-state index contributed by atoms with van der Waals surface area (Å²) >= 11 is 5.79. The number of aromatic nitrogens is 2. The van der Waals surface area contributed by atoms with Gasteiger partial charge in [-0.1, -0.05) is 11.6 Å². The summed E-state index contributed by atoms with van der Waals surface area (Å²) in [4.78, 5) is 0. The van der Waals surface area contributed by atoms with Crippen molar-refractivity contribution in [2.75, 3.05) is 0 Å². The van der Waals surface area contributed by atoms with Gasteiger partial charge >= 0.3 is 0 Å². The van der Waals surface area contributed by atoms with Crippen molar-refractivity contribution in [1.29, 1.82) is 0 Å². The first-order valence-corrected chi connectivity index (χ1v) is 3.87. The van der Waals surface area contributed by atoms with Gasteiger partial charge in [-0.25, -0.2) is 4.39 Å². The van der Waals surface area contributed by atoms with E-state index in [1.807, 2.05) is 0 Å². The molecule has 0 spiro atoms. The minimum atomic E-state index is -0.391. The molecule has 0 aliphatic heterocycles. The maximum Gasteiger partial charge on any atom is 0.249 e. The third kappa shape index (κ3) is 1.53. The van der Waals surface area contributed by atoms with Crippen LogP contribution in [-0.4, -0.2) is 10.2 Å². The van der Waals surface area contributed by atoms with Crippen molar-refractivity contribution in [3.8, 4) is 11.5 Å². The van der Waals surface area contributed by atoms with Crippen LogP contribution in [0, 0.1) is 5.82 Å². The highest BCUT2D eigenvalue weighted by Gasteiger charge is 2.09. The van der Waals surface area contributed by atoms with Crippen molar-refractivity contribution >= 4 is 11.6 Å². The van der Waals surface area contributed by atoms with Crippen LogP contribution in [0.25, 0.3) is 11.5 Å². The van der Waals surface area contributed by atoms with E-state index in [1.165, 1.54) is 18.2 Å². The molecule has 3 nitrogen and oxygen atoms in total. The van der Waals surface area contributed by atoms with Crippen LogP contribution in [0.5, 0.6) is 0 Å². The predicted octanol–water partition coefficient (Wildman–Crippen LogP) is 2.53. The minimum absolute atomic E-state index is 0.213. The molecule has 0 bridgehead atoms. The number of halogens is 2. The zero-order valence-electron chi connectivity index (χ0n) is 6.37. The average molecular weight is 199 g/mol. The summed E-state index contributed by atoms with van der Waals surface area (Å²) in [6, 6.07) is 3.95. The van der Waals surface area contributed by atoms with Gasteiger partial charge in [-0.3, -0.25) is 0 Å². The van der Waals surface area contributed by atoms with Gasteiger partial charge in [-0.05, 0) is 18.2 Å². The van der Waals surface area contributed by atoms with E-state index in [2.05, 4.69) is 10.2 Å². The van der Waals surface area contributed by atoms with Gasteiger partial charge < -0.3 is 4.42 Å². The van der Waals surface area contributed by atoms with Gasteiger partial charge in [0.2, 0.25) is 12.3 Å². The number of nitrogens with zero attached hydrogens (tertiary/aromatic N) is 2. The second-order valence-electron chi connectivity index (χ2n) is 2.37. The standard InChI is InChI=1S/C8H4ClFN2O/c9-7-2-1-5(10)3-6(7)8-12-11-4-13-8/h1-4H. The quantitative estimate of drug-likeness (QED) is 0.707. The Bertz CT molecular complexity index is 416. The Morgan fingerprint density at radius 2 is 2.23 bits per heavy atom. The lowest BCUT2D eigenvalue weighted by atomic mass is 10.2. The summed E-state index contributed by atoms with van der Waals surface area (Å²) in [5, 5.41) is 7.47. The van der Waals surface area contributed by atoms with Gasteiger partial charge in [-0.2, -0.15) is 0 Å². The van der Waals surface area contributed by atoms with Crippen LogP contribution in [0.15, 0.2) is 29.0 Å². The topological polar surface area (TPSA) is 38.9 Å². The summed E-state index contributed by atoms with van der Waals surface area (Å²) in [5.41, 5.74) is 0.402. The largest absolute Gasteiger partial charge is 0.423 e. The van der Waals surface area contributed by atoms with Gasteiger partial charge in [0.05, 0.1) is 10.6 Å². The van der Waals surface area contributed by atoms with Crippen molar-refractivity contribution in [2.45, 2.75) is 0 Å². The molecule has 13 heavy (non-hydrogen) atoms. The Labute approximate surface area is 78.2 Å².